The summed E-state index contributed by atoms with van der Waals surface area (Å²) in [5.41, 5.74) is 10.7. The fourth-order valence-electron chi connectivity index (χ4n) is 12.1. The van der Waals surface area contributed by atoms with Gasteiger partial charge in [0, 0.05) is 73.6 Å². The zero-order chi connectivity index (χ0) is 68.8. The molecule has 5 aliphatic rings. The molecule has 3 aromatic rings. The first-order valence-electron chi connectivity index (χ1n) is 31.0. The number of hydrogen-bond donors (Lipinski definition) is 12. The van der Waals surface area contributed by atoms with Gasteiger partial charge in [0.25, 0.3) is 17.4 Å². The highest BCUT2D eigenvalue weighted by Gasteiger charge is 2.47. The zero-order valence-corrected chi connectivity index (χ0v) is 53.1. The molecule has 14 N–H and O–H groups in total. The number of aliphatic hydroxyl groups excluding tert-OH is 2. The molecule has 0 radical (unpaired) electrons. The van der Waals surface area contributed by atoms with Crippen molar-refractivity contribution < 1.29 is 91.4 Å². The second-order valence-corrected chi connectivity index (χ2v) is 25.0. The van der Waals surface area contributed by atoms with E-state index in [-0.39, 0.29) is 76.4 Å². The molecule has 4 aliphatic heterocycles. The van der Waals surface area contributed by atoms with Gasteiger partial charge in [-0.2, -0.15) is 0 Å². The van der Waals surface area contributed by atoms with Crippen molar-refractivity contribution in [1.82, 2.24) is 51.7 Å². The Kier molecular flexibility index (Phi) is 22.4. The number of ether oxygens (including phenoxy) is 4. The summed E-state index contributed by atoms with van der Waals surface area (Å²) in [5, 5.41) is 51.1. The van der Waals surface area contributed by atoms with Gasteiger partial charge in [-0.3, -0.25) is 52.8 Å². The number of nitrogens with two attached hydrogens (primary N) is 2. The summed E-state index contributed by atoms with van der Waals surface area (Å²) in [6.07, 6.45) is -4.95. The van der Waals surface area contributed by atoms with Crippen LogP contribution >= 0.6 is 0 Å². The number of carbonyl (C=O) groups excluding carboxylic acids is 11. The van der Waals surface area contributed by atoms with Crippen molar-refractivity contribution in [2.45, 2.75) is 173 Å². The third-order valence-corrected chi connectivity index (χ3v) is 17.6. The molecular formula is C62H81FN12O19. The lowest BCUT2D eigenvalue weighted by Crippen LogP contribution is -2.58. The second-order valence-electron chi connectivity index (χ2n) is 25.0. The number of aliphatic hydroxyl groups is 3. The van der Waals surface area contributed by atoms with E-state index in [0.717, 1.165) is 17.1 Å². The quantitative estimate of drug-likeness (QED) is 0.0120. The van der Waals surface area contributed by atoms with Crippen LogP contribution < -0.4 is 54.2 Å². The normalized spacial score (nSPS) is 21.5. The lowest BCUT2D eigenvalue weighted by Gasteiger charge is -2.32. The first kappa shape index (κ1) is 71.0. The minimum Gasteiger partial charge on any atom is -0.458 e. The van der Waals surface area contributed by atoms with Gasteiger partial charge in [0.05, 0.1) is 72.2 Å². The Morgan fingerprint density at radius 2 is 1.59 bits per heavy atom. The average molecular weight is 1320 g/mol. The number of nitrogens with one attached hydrogen (secondary N) is 7. The fourth-order valence-corrected chi connectivity index (χ4v) is 12.1. The number of amides is 10. The molecular weight excluding hydrogens is 1240 g/mol. The van der Waals surface area contributed by atoms with E-state index in [4.69, 9.17) is 35.4 Å². The molecule has 32 heteroatoms. The molecule has 1 aliphatic carbocycles. The average Bonchev–Trinajstić information content (AvgIpc) is 1.46. The Labute approximate surface area is 538 Å². The third kappa shape index (κ3) is 15.4. The largest absolute Gasteiger partial charge is 0.458 e. The fraction of sp³-hybridized carbons (Fsp3) is 0.565. The van der Waals surface area contributed by atoms with Crippen LogP contribution in [0, 0.1) is 24.1 Å². The zero-order valence-electron chi connectivity index (χ0n) is 53.1. The van der Waals surface area contributed by atoms with Crippen LogP contribution in [0.4, 0.5) is 9.18 Å². The number of alkyl carbamates (subject to hydrolysis) is 1. The molecule has 1 fully saturated rings. The number of aromatic nitrogens is 2. The predicted octanol–water partition coefficient (Wildman–Crippen LogP) is -2.10. The second kappa shape index (κ2) is 29.6. The third-order valence-electron chi connectivity index (χ3n) is 17.6. The molecule has 0 saturated carbocycles. The topological polar surface area (TPSA) is 460 Å². The highest BCUT2D eigenvalue weighted by Crippen LogP contribution is 2.46. The number of hydrogen-bond acceptors (Lipinski definition) is 21. The molecule has 31 nitrogen and oxygen atoms in total. The molecule has 8 rings (SSSR count). The number of halogens is 1. The SMILES string of the molecule is CC[C@@]1(O)C(=O)OCc2c1cc1n(c2=O)Cc2c-1nc1cc(F)c(C)c3c1c2[C@@H](NC(=O)C(C)(C)COCNC(=O)[C@H](C)NC(=O)[C@@H](NC(=O)[C@H](CCC(=O)NC[C@H]1O[C@@H](CC(N)=O)[C@H](O)[C@@H]1O)NC(=O)CCNC(=O)OCC[C@H](CN)N1C(=O)C=CC1=O)C(C)C)CC3. The molecule has 1 saturated heterocycles. The summed E-state index contributed by atoms with van der Waals surface area (Å²) < 4.78 is 38.7. The molecule has 6 heterocycles. The number of imide groups is 1. The minimum atomic E-state index is -2.08. The number of benzene rings is 1. The highest BCUT2D eigenvalue weighted by atomic mass is 19.1. The summed E-state index contributed by atoms with van der Waals surface area (Å²) in [4.78, 5) is 163. The molecule has 1 aromatic carbocycles. The van der Waals surface area contributed by atoms with E-state index < -0.39 is 174 Å². The number of cyclic esters (lactones) is 1. The molecule has 0 spiro atoms. The Morgan fingerprint density at radius 1 is 0.883 bits per heavy atom. The van der Waals surface area contributed by atoms with E-state index in [9.17, 15) is 72.9 Å². The number of nitrogens with zero attached hydrogens (tertiary/aromatic N) is 3. The number of carbonyl (C=O) groups is 11. The van der Waals surface area contributed by atoms with E-state index in [0.29, 0.717) is 57.4 Å². The van der Waals surface area contributed by atoms with Crippen LogP contribution in [0.3, 0.4) is 0 Å². The molecule has 2 aromatic heterocycles. The van der Waals surface area contributed by atoms with E-state index in [1.54, 1.807) is 47.6 Å². The molecule has 10 amide bonds. The molecule has 510 valence electrons. The van der Waals surface area contributed by atoms with Crippen molar-refractivity contribution in [3.63, 3.8) is 0 Å². The molecule has 94 heavy (non-hydrogen) atoms. The van der Waals surface area contributed by atoms with Crippen molar-refractivity contribution in [3.8, 4) is 11.4 Å². The maximum Gasteiger partial charge on any atom is 0.407 e. The molecule has 0 bridgehead atoms. The molecule has 0 unspecified atom stereocenters. The van der Waals surface area contributed by atoms with Crippen molar-refractivity contribution in [2.24, 2.45) is 22.8 Å². The van der Waals surface area contributed by atoms with E-state index in [2.05, 4.69) is 37.2 Å². The summed E-state index contributed by atoms with van der Waals surface area (Å²) in [5.74, 6) is -8.32. The van der Waals surface area contributed by atoms with Gasteiger partial charge in [0.2, 0.25) is 41.4 Å². The van der Waals surface area contributed by atoms with Gasteiger partial charge in [0.15, 0.2) is 5.60 Å². The van der Waals surface area contributed by atoms with Crippen LogP contribution in [0.25, 0.3) is 22.3 Å². The van der Waals surface area contributed by atoms with Gasteiger partial charge in [-0.25, -0.2) is 19.0 Å². The van der Waals surface area contributed by atoms with Gasteiger partial charge >= 0.3 is 12.1 Å². The van der Waals surface area contributed by atoms with Crippen LogP contribution in [0.5, 0.6) is 0 Å². The summed E-state index contributed by atoms with van der Waals surface area (Å²) in [6.45, 7) is 9.12. The van der Waals surface area contributed by atoms with Crippen molar-refractivity contribution >= 4 is 76.1 Å². The van der Waals surface area contributed by atoms with Gasteiger partial charge in [-0.05, 0) is 82.1 Å². The van der Waals surface area contributed by atoms with Crippen molar-refractivity contribution in [2.75, 3.05) is 39.6 Å². The van der Waals surface area contributed by atoms with E-state index in [1.165, 1.54) is 17.6 Å². The van der Waals surface area contributed by atoms with Gasteiger partial charge in [-0.15, -0.1) is 0 Å². The number of esters is 1. The van der Waals surface area contributed by atoms with Crippen LogP contribution in [0.15, 0.2) is 29.1 Å². The van der Waals surface area contributed by atoms with Crippen LogP contribution in [0.2, 0.25) is 0 Å². The van der Waals surface area contributed by atoms with E-state index >= 15 is 4.39 Å². The van der Waals surface area contributed by atoms with Gasteiger partial charge < -0.3 is 87.5 Å². The van der Waals surface area contributed by atoms with Crippen molar-refractivity contribution in [1.29, 1.82) is 0 Å². The van der Waals surface area contributed by atoms with Gasteiger partial charge in [-0.1, -0.05) is 20.8 Å². The van der Waals surface area contributed by atoms with Crippen LogP contribution in [-0.2, 0) is 92.1 Å². The highest BCUT2D eigenvalue weighted by molar-refractivity contribution is 6.13. The summed E-state index contributed by atoms with van der Waals surface area (Å²) >= 11 is 0. The summed E-state index contributed by atoms with van der Waals surface area (Å²) in [6, 6.07) is -2.60. The number of pyridine rings is 2. The number of rotatable bonds is 29. The first-order valence-corrected chi connectivity index (χ1v) is 31.0. The first-order chi connectivity index (χ1) is 44.4. The Bertz CT molecular complexity index is 3620. The van der Waals surface area contributed by atoms with Crippen molar-refractivity contribution in [3.05, 3.63) is 73.8 Å². The maximum atomic E-state index is 15.6. The Morgan fingerprint density at radius 3 is 2.26 bits per heavy atom. The van der Waals surface area contributed by atoms with Crippen LogP contribution in [0.1, 0.15) is 126 Å². The number of primary amides is 1. The Hall–Kier alpha value is -8.82. The van der Waals surface area contributed by atoms with Crippen LogP contribution in [-0.4, -0.2) is 183 Å². The standard InChI is InChI=1S/C62H81FN12O19/c1-8-62(90)35-19-40-51-33(24-74(40)57(86)34(35)25-93-59(62)88)49-37(10-9-32-29(4)36(63)20-39(71-51)48(32)49)72-58(87)61(6,7)26-91-27-68-54(83)30(5)69-56(85)50(28(2)3)73-55(84)38(11-12-44(77)67-23-42-53(82)52(81)41(94-42)21-43(65)76)70-45(78)15-17-66-60(89)92-18-16-31(22-64)75-46(79)13-14-47(75)80/h13-14,19-20,28,30-31,37-38,41-42,50,52-53,81-82,90H,8-12,15-18,21-27,64H2,1-7H3,(H2,65,76)(H,66,89)(H,67,77)(H,68,83)(H,69,85)(H,70,78)(H,72,87)(H,73,84)/t30-,31+,37-,38-,41-,42+,50-,52-,53+,62-/m0/s1. The van der Waals surface area contributed by atoms with E-state index in [1.807, 2.05) is 0 Å². The summed E-state index contributed by atoms with van der Waals surface area (Å²) in [7, 11) is 0. The maximum absolute atomic E-state index is 15.6. The Balaban J connectivity index is 0.852. The molecule has 10 atom stereocenters. The van der Waals surface area contributed by atoms with Gasteiger partial charge in [0.1, 0.15) is 55.6 Å². The lowest BCUT2D eigenvalue weighted by molar-refractivity contribution is -0.172. The number of aryl methyl sites for hydroxylation is 1. The lowest BCUT2D eigenvalue weighted by atomic mass is 9.81. The number of fused-ring (bicyclic) bond motifs is 5. The smallest absolute Gasteiger partial charge is 0.407 e. The predicted molar refractivity (Wildman–Crippen MR) is 327 cm³/mol. The minimum absolute atomic E-state index is 0.0231. The monoisotopic (exact) mass is 1320 g/mol.